The van der Waals surface area contributed by atoms with Crippen LogP contribution in [-0.2, 0) is 25.7 Å². The molecule has 0 fully saturated rings. The number of benzene rings is 2. The van der Waals surface area contributed by atoms with Crippen molar-refractivity contribution in [1.82, 2.24) is 9.97 Å². The zero-order valence-electron chi connectivity index (χ0n) is 16.0. The van der Waals surface area contributed by atoms with Crippen molar-refractivity contribution in [1.29, 1.82) is 0 Å². The van der Waals surface area contributed by atoms with Gasteiger partial charge in [-0.3, -0.25) is 0 Å². The van der Waals surface area contributed by atoms with Crippen molar-refractivity contribution in [3.63, 3.8) is 0 Å². The molecule has 0 spiro atoms. The number of rotatable bonds is 5. The van der Waals surface area contributed by atoms with Crippen LogP contribution >= 0.6 is 11.3 Å². The Morgan fingerprint density at radius 1 is 0.929 bits per heavy atom. The Bertz CT molecular complexity index is 1110. The van der Waals surface area contributed by atoms with Gasteiger partial charge in [0, 0.05) is 17.0 Å². The number of hydrogen-bond acceptors (Lipinski definition) is 4. The number of aryl methyl sites for hydroxylation is 3. The van der Waals surface area contributed by atoms with E-state index in [0.29, 0.717) is 0 Å². The Balaban J connectivity index is 1.57. The minimum atomic E-state index is 0.753. The second kappa shape index (κ2) is 7.36. The topological polar surface area (TPSA) is 37.8 Å². The van der Waals surface area contributed by atoms with Gasteiger partial charge in [-0.05, 0) is 54.5 Å². The number of hydrogen-bond donors (Lipinski definition) is 1. The van der Waals surface area contributed by atoms with Gasteiger partial charge >= 0.3 is 0 Å². The fraction of sp³-hybridized carbons (Fsp3) is 0.250. The van der Waals surface area contributed by atoms with Gasteiger partial charge in [-0.15, -0.1) is 11.3 Å². The van der Waals surface area contributed by atoms with Crippen molar-refractivity contribution in [3.8, 4) is 0 Å². The summed E-state index contributed by atoms with van der Waals surface area (Å²) in [6.07, 6.45) is 5.36. The van der Waals surface area contributed by atoms with Crippen molar-refractivity contribution in [2.45, 2.75) is 39.0 Å². The van der Waals surface area contributed by atoms with Gasteiger partial charge < -0.3 is 5.32 Å². The predicted molar refractivity (Wildman–Crippen MR) is 118 cm³/mol. The van der Waals surface area contributed by atoms with Crippen molar-refractivity contribution in [3.05, 3.63) is 82.0 Å². The number of anilines is 2. The summed E-state index contributed by atoms with van der Waals surface area (Å²) in [5.41, 5.74) is 5.13. The maximum Gasteiger partial charge on any atom is 0.143 e. The van der Waals surface area contributed by atoms with Crippen molar-refractivity contribution in [2.75, 3.05) is 5.32 Å². The van der Waals surface area contributed by atoms with E-state index in [1.807, 2.05) is 17.4 Å². The maximum absolute atomic E-state index is 4.97. The zero-order chi connectivity index (χ0) is 18.9. The van der Waals surface area contributed by atoms with Gasteiger partial charge in [0.15, 0.2) is 0 Å². The summed E-state index contributed by atoms with van der Waals surface area (Å²) in [7, 11) is 0. The molecular weight excluding hydrogens is 362 g/mol. The Morgan fingerprint density at radius 2 is 1.75 bits per heavy atom. The standard InChI is InChI=1S/C24H23N3S/c1-2-16-11-13-18(14-12-16)25-23-22-19-9-6-10-20(19)28-24(22)27-21(26-23)15-17-7-4-3-5-8-17/h3-5,7-8,11-14H,2,6,9-10,15H2,1H3,(H,25,26,27). The Labute approximate surface area is 169 Å². The van der Waals surface area contributed by atoms with E-state index in [0.717, 1.165) is 41.4 Å². The summed E-state index contributed by atoms with van der Waals surface area (Å²) in [5, 5.41) is 4.83. The second-order valence-electron chi connectivity index (χ2n) is 7.36. The molecule has 0 unspecified atom stereocenters. The lowest BCUT2D eigenvalue weighted by Crippen LogP contribution is -2.02. The van der Waals surface area contributed by atoms with Gasteiger partial charge in [-0.25, -0.2) is 9.97 Å². The van der Waals surface area contributed by atoms with E-state index in [1.54, 1.807) is 0 Å². The Kier molecular flexibility index (Phi) is 4.57. The molecule has 2 heterocycles. The third kappa shape index (κ3) is 3.29. The lowest BCUT2D eigenvalue weighted by atomic mass is 10.1. The molecule has 0 saturated heterocycles. The number of aromatic nitrogens is 2. The minimum Gasteiger partial charge on any atom is -0.340 e. The number of fused-ring (bicyclic) bond motifs is 3. The van der Waals surface area contributed by atoms with E-state index in [1.165, 1.54) is 39.8 Å². The van der Waals surface area contributed by atoms with Crippen LogP contribution in [0.3, 0.4) is 0 Å². The van der Waals surface area contributed by atoms with E-state index in [-0.39, 0.29) is 0 Å². The number of nitrogens with one attached hydrogen (secondary N) is 1. The molecule has 3 nitrogen and oxygen atoms in total. The SMILES string of the molecule is CCc1ccc(Nc2nc(Cc3ccccc3)nc3sc4c(c23)CCC4)cc1. The van der Waals surface area contributed by atoms with Crippen LogP contribution in [0.25, 0.3) is 10.2 Å². The first-order valence-electron chi connectivity index (χ1n) is 10.0. The summed E-state index contributed by atoms with van der Waals surface area (Å²) in [4.78, 5) is 12.5. The van der Waals surface area contributed by atoms with Crippen LogP contribution in [0.15, 0.2) is 54.6 Å². The molecule has 140 valence electrons. The van der Waals surface area contributed by atoms with E-state index in [4.69, 9.17) is 9.97 Å². The van der Waals surface area contributed by atoms with Gasteiger partial charge in [0.1, 0.15) is 16.5 Å². The van der Waals surface area contributed by atoms with E-state index < -0.39 is 0 Å². The third-order valence-corrected chi connectivity index (χ3v) is 6.63. The molecule has 0 aliphatic heterocycles. The maximum atomic E-state index is 4.97. The monoisotopic (exact) mass is 385 g/mol. The van der Waals surface area contributed by atoms with E-state index in [9.17, 15) is 0 Å². The van der Waals surface area contributed by atoms with Gasteiger partial charge in [0.2, 0.25) is 0 Å². The summed E-state index contributed by atoms with van der Waals surface area (Å²) in [6, 6.07) is 19.1. The molecule has 4 heteroatoms. The van der Waals surface area contributed by atoms with Crippen LogP contribution in [-0.4, -0.2) is 9.97 Å². The predicted octanol–water partition coefficient (Wildman–Crippen LogP) is 6.08. The first-order valence-corrected chi connectivity index (χ1v) is 10.8. The first kappa shape index (κ1) is 17.4. The highest BCUT2D eigenvalue weighted by atomic mass is 32.1. The minimum absolute atomic E-state index is 0.753. The van der Waals surface area contributed by atoms with Crippen LogP contribution in [0, 0.1) is 0 Å². The normalized spacial score (nSPS) is 13.0. The Hall–Kier alpha value is -2.72. The molecule has 1 N–H and O–H groups in total. The largest absolute Gasteiger partial charge is 0.340 e. The molecule has 1 aliphatic carbocycles. The molecule has 2 aromatic carbocycles. The smallest absolute Gasteiger partial charge is 0.143 e. The molecule has 5 rings (SSSR count). The molecular formula is C24H23N3S. The summed E-state index contributed by atoms with van der Waals surface area (Å²) < 4.78 is 0. The molecule has 0 amide bonds. The summed E-state index contributed by atoms with van der Waals surface area (Å²) >= 11 is 1.85. The van der Waals surface area contributed by atoms with Gasteiger partial charge in [-0.2, -0.15) is 0 Å². The lowest BCUT2D eigenvalue weighted by Gasteiger charge is -2.11. The molecule has 1 aliphatic rings. The molecule has 0 saturated carbocycles. The average Bonchev–Trinajstić information content (AvgIpc) is 3.30. The molecule has 4 aromatic rings. The lowest BCUT2D eigenvalue weighted by molar-refractivity contribution is 0.916. The van der Waals surface area contributed by atoms with Crippen molar-refractivity contribution in [2.24, 2.45) is 0 Å². The van der Waals surface area contributed by atoms with Crippen molar-refractivity contribution >= 4 is 33.1 Å². The van der Waals surface area contributed by atoms with Gasteiger partial charge in [-0.1, -0.05) is 49.4 Å². The highest BCUT2D eigenvalue weighted by molar-refractivity contribution is 7.19. The quantitative estimate of drug-likeness (QED) is 0.452. The Morgan fingerprint density at radius 3 is 2.54 bits per heavy atom. The van der Waals surface area contributed by atoms with Crippen LogP contribution in [0.1, 0.15) is 40.7 Å². The highest BCUT2D eigenvalue weighted by Crippen LogP contribution is 2.40. The van der Waals surface area contributed by atoms with Gasteiger partial charge in [0.05, 0.1) is 5.39 Å². The number of thiophene rings is 1. The fourth-order valence-corrected chi connectivity index (χ4v) is 5.23. The highest BCUT2D eigenvalue weighted by Gasteiger charge is 2.22. The zero-order valence-corrected chi connectivity index (χ0v) is 16.9. The fourth-order valence-electron chi connectivity index (χ4n) is 3.95. The van der Waals surface area contributed by atoms with Crippen LogP contribution < -0.4 is 5.32 Å². The molecule has 28 heavy (non-hydrogen) atoms. The van der Waals surface area contributed by atoms with Crippen LogP contribution in [0.5, 0.6) is 0 Å². The first-order chi connectivity index (χ1) is 13.8. The number of nitrogens with zero attached hydrogens (tertiary/aromatic N) is 2. The second-order valence-corrected chi connectivity index (χ2v) is 8.45. The molecule has 0 radical (unpaired) electrons. The third-order valence-electron chi connectivity index (χ3n) is 5.44. The van der Waals surface area contributed by atoms with E-state index >= 15 is 0 Å². The summed E-state index contributed by atoms with van der Waals surface area (Å²) in [6.45, 7) is 2.18. The van der Waals surface area contributed by atoms with Crippen LogP contribution in [0.4, 0.5) is 11.5 Å². The van der Waals surface area contributed by atoms with E-state index in [2.05, 4.69) is 60.8 Å². The average molecular weight is 386 g/mol. The summed E-state index contributed by atoms with van der Waals surface area (Å²) in [5.74, 6) is 1.84. The molecule has 0 bridgehead atoms. The van der Waals surface area contributed by atoms with Crippen LogP contribution in [0.2, 0.25) is 0 Å². The molecule has 2 aromatic heterocycles. The molecule has 0 atom stereocenters. The van der Waals surface area contributed by atoms with Crippen molar-refractivity contribution < 1.29 is 0 Å². The van der Waals surface area contributed by atoms with Gasteiger partial charge in [0.25, 0.3) is 0 Å².